The lowest BCUT2D eigenvalue weighted by Crippen LogP contribution is -2.39. The molecule has 2 aromatic rings. The molecule has 0 bridgehead atoms. The van der Waals surface area contributed by atoms with Crippen molar-refractivity contribution >= 4 is 21.6 Å². The molecular weight excluding hydrogens is 412 g/mol. The number of benzene rings is 2. The molecule has 1 amide bonds. The Bertz CT molecular complexity index is 1010. The van der Waals surface area contributed by atoms with E-state index in [2.05, 4.69) is 10.6 Å². The molecule has 9 heteroatoms. The number of rotatable bonds is 7. The number of hydrogen-bond donors (Lipinski definition) is 2. The normalized spacial score (nSPS) is 16.9. The molecule has 2 N–H and O–H groups in total. The minimum absolute atomic E-state index is 0.195. The molecule has 30 heavy (non-hydrogen) atoms. The lowest BCUT2D eigenvalue weighted by molar-refractivity contribution is -0.117. The third-order valence-electron chi connectivity index (χ3n) is 5.16. The van der Waals surface area contributed by atoms with Crippen molar-refractivity contribution < 1.29 is 22.0 Å². The molecule has 6 nitrogen and oxygen atoms in total. The zero-order chi connectivity index (χ0) is 21.9. The lowest BCUT2D eigenvalue weighted by atomic mass is 10.1. The summed E-state index contributed by atoms with van der Waals surface area (Å²) in [4.78, 5) is 12.7. The predicted molar refractivity (Wildman–Crippen MR) is 110 cm³/mol. The van der Waals surface area contributed by atoms with E-state index in [-0.39, 0.29) is 16.8 Å². The SMILES string of the molecule is CC(NC(C)c1ccc(F)c(F)c1)C(=O)Nc1ccc(S(=O)(=O)N2CCCC2)cc1. The van der Waals surface area contributed by atoms with E-state index in [0.717, 1.165) is 25.0 Å². The second-order valence-electron chi connectivity index (χ2n) is 7.41. The van der Waals surface area contributed by atoms with Crippen LogP contribution in [0.2, 0.25) is 0 Å². The molecule has 0 aliphatic carbocycles. The first-order valence-electron chi connectivity index (χ1n) is 9.80. The first kappa shape index (κ1) is 22.3. The van der Waals surface area contributed by atoms with Gasteiger partial charge in [-0.15, -0.1) is 0 Å². The third kappa shape index (κ3) is 5.03. The molecule has 1 saturated heterocycles. The van der Waals surface area contributed by atoms with Gasteiger partial charge in [-0.1, -0.05) is 6.07 Å². The van der Waals surface area contributed by atoms with E-state index in [4.69, 9.17) is 0 Å². The molecule has 2 unspecified atom stereocenters. The summed E-state index contributed by atoms with van der Waals surface area (Å²) in [5, 5.41) is 5.76. The van der Waals surface area contributed by atoms with E-state index in [0.29, 0.717) is 24.3 Å². The van der Waals surface area contributed by atoms with Gasteiger partial charge in [0.1, 0.15) is 0 Å². The highest BCUT2D eigenvalue weighted by Crippen LogP contribution is 2.22. The Morgan fingerprint density at radius 3 is 2.23 bits per heavy atom. The van der Waals surface area contributed by atoms with Crippen molar-refractivity contribution in [1.82, 2.24) is 9.62 Å². The Labute approximate surface area is 175 Å². The smallest absolute Gasteiger partial charge is 0.243 e. The van der Waals surface area contributed by atoms with E-state index in [1.54, 1.807) is 26.0 Å². The van der Waals surface area contributed by atoms with Gasteiger partial charge in [0.15, 0.2) is 11.6 Å². The molecule has 1 heterocycles. The van der Waals surface area contributed by atoms with Gasteiger partial charge in [0.2, 0.25) is 15.9 Å². The molecule has 0 saturated carbocycles. The lowest BCUT2D eigenvalue weighted by Gasteiger charge is -2.20. The van der Waals surface area contributed by atoms with Crippen molar-refractivity contribution in [3.63, 3.8) is 0 Å². The van der Waals surface area contributed by atoms with Gasteiger partial charge in [0.05, 0.1) is 10.9 Å². The van der Waals surface area contributed by atoms with Crippen LogP contribution in [0.4, 0.5) is 14.5 Å². The van der Waals surface area contributed by atoms with E-state index in [1.807, 2.05) is 0 Å². The maximum Gasteiger partial charge on any atom is 0.243 e. The number of anilines is 1. The fourth-order valence-electron chi connectivity index (χ4n) is 3.37. The minimum Gasteiger partial charge on any atom is -0.325 e. The number of nitrogens with one attached hydrogen (secondary N) is 2. The Balaban J connectivity index is 1.60. The maximum atomic E-state index is 13.4. The summed E-state index contributed by atoms with van der Waals surface area (Å²) in [6, 6.07) is 8.65. The number of sulfonamides is 1. The summed E-state index contributed by atoms with van der Waals surface area (Å²) in [5.41, 5.74) is 0.986. The van der Waals surface area contributed by atoms with Crippen molar-refractivity contribution in [1.29, 1.82) is 0 Å². The zero-order valence-corrected chi connectivity index (χ0v) is 17.7. The van der Waals surface area contributed by atoms with Crippen LogP contribution in [0.15, 0.2) is 47.4 Å². The number of carbonyl (C=O) groups excluding carboxylic acids is 1. The van der Waals surface area contributed by atoms with Crippen molar-refractivity contribution in [3.05, 3.63) is 59.7 Å². The first-order valence-corrected chi connectivity index (χ1v) is 11.2. The number of nitrogens with zero attached hydrogens (tertiary/aromatic N) is 1. The van der Waals surface area contributed by atoms with E-state index < -0.39 is 27.7 Å². The van der Waals surface area contributed by atoms with E-state index in [1.165, 1.54) is 22.5 Å². The Morgan fingerprint density at radius 2 is 1.63 bits per heavy atom. The summed E-state index contributed by atoms with van der Waals surface area (Å²) in [7, 11) is -3.50. The van der Waals surface area contributed by atoms with Gasteiger partial charge >= 0.3 is 0 Å². The summed E-state index contributed by atoms with van der Waals surface area (Å²) < 4.78 is 53.1. The van der Waals surface area contributed by atoms with Crippen LogP contribution in [0.1, 0.15) is 38.3 Å². The molecule has 1 aliphatic rings. The molecule has 0 radical (unpaired) electrons. The van der Waals surface area contributed by atoms with Gasteiger partial charge < -0.3 is 5.32 Å². The second-order valence-corrected chi connectivity index (χ2v) is 9.35. The van der Waals surface area contributed by atoms with Gasteiger partial charge in [-0.05, 0) is 68.7 Å². The molecule has 0 aromatic heterocycles. The van der Waals surface area contributed by atoms with Crippen LogP contribution in [-0.4, -0.2) is 37.8 Å². The second kappa shape index (κ2) is 9.20. The van der Waals surface area contributed by atoms with Crippen molar-refractivity contribution in [2.75, 3.05) is 18.4 Å². The topological polar surface area (TPSA) is 78.5 Å². The molecule has 1 fully saturated rings. The molecule has 1 aliphatic heterocycles. The van der Waals surface area contributed by atoms with Gasteiger partial charge in [0, 0.05) is 24.8 Å². The number of hydrogen-bond acceptors (Lipinski definition) is 4. The summed E-state index contributed by atoms with van der Waals surface area (Å²) in [5.74, 6) is -2.20. The van der Waals surface area contributed by atoms with E-state index in [9.17, 15) is 22.0 Å². The van der Waals surface area contributed by atoms with Crippen LogP contribution < -0.4 is 10.6 Å². The quantitative estimate of drug-likeness (QED) is 0.696. The van der Waals surface area contributed by atoms with Crippen molar-refractivity contribution in [2.45, 2.75) is 43.7 Å². The minimum atomic E-state index is -3.50. The highest BCUT2D eigenvalue weighted by Gasteiger charge is 2.27. The average Bonchev–Trinajstić information content (AvgIpc) is 3.26. The van der Waals surface area contributed by atoms with Crippen LogP contribution in [0.3, 0.4) is 0 Å². The molecular formula is C21H25F2N3O3S. The average molecular weight is 438 g/mol. The molecule has 0 spiro atoms. The van der Waals surface area contributed by atoms with Crippen molar-refractivity contribution in [2.24, 2.45) is 0 Å². The monoisotopic (exact) mass is 437 g/mol. The summed E-state index contributed by atoms with van der Waals surface area (Å²) in [6.45, 7) is 4.45. The predicted octanol–water partition coefficient (Wildman–Crippen LogP) is 3.43. The van der Waals surface area contributed by atoms with Gasteiger partial charge in [-0.3, -0.25) is 10.1 Å². The zero-order valence-electron chi connectivity index (χ0n) is 16.9. The van der Waals surface area contributed by atoms with Crippen LogP contribution in [0, 0.1) is 11.6 Å². The van der Waals surface area contributed by atoms with Crippen LogP contribution in [-0.2, 0) is 14.8 Å². The Morgan fingerprint density at radius 1 is 1.00 bits per heavy atom. The van der Waals surface area contributed by atoms with E-state index >= 15 is 0 Å². The standard InChI is InChI=1S/C21H25F2N3O3S/c1-14(16-5-10-19(22)20(23)13-16)24-15(2)21(27)25-17-6-8-18(9-7-17)30(28,29)26-11-3-4-12-26/h5-10,13-15,24H,3-4,11-12H2,1-2H3,(H,25,27). The number of amides is 1. The highest BCUT2D eigenvalue weighted by atomic mass is 32.2. The fourth-order valence-corrected chi connectivity index (χ4v) is 4.88. The third-order valence-corrected chi connectivity index (χ3v) is 7.07. The Kier molecular flexibility index (Phi) is 6.84. The largest absolute Gasteiger partial charge is 0.325 e. The summed E-state index contributed by atoms with van der Waals surface area (Å²) >= 11 is 0. The first-order chi connectivity index (χ1) is 14.2. The van der Waals surface area contributed by atoms with Crippen LogP contribution in [0.25, 0.3) is 0 Å². The van der Waals surface area contributed by atoms with Crippen molar-refractivity contribution in [3.8, 4) is 0 Å². The highest BCUT2D eigenvalue weighted by molar-refractivity contribution is 7.89. The van der Waals surface area contributed by atoms with Gasteiger partial charge in [-0.25, -0.2) is 17.2 Å². The maximum absolute atomic E-state index is 13.4. The van der Waals surface area contributed by atoms with Crippen LogP contribution >= 0.6 is 0 Å². The molecule has 2 aromatic carbocycles. The molecule has 162 valence electrons. The Hall–Kier alpha value is -2.36. The summed E-state index contributed by atoms with van der Waals surface area (Å²) in [6.07, 6.45) is 1.72. The number of halogens is 2. The fraction of sp³-hybridized carbons (Fsp3) is 0.381. The van der Waals surface area contributed by atoms with Gasteiger partial charge in [-0.2, -0.15) is 4.31 Å². The number of carbonyl (C=O) groups is 1. The van der Waals surface area contributed by atoms with Crippen LogP contribution in [0.5, 0.6) is 0 Å². The molecule has 3 rings (SSSR count). The van der Waals surface area contributed by atoms with Gasteiger partial charge in [0.25, 0.3) is 0 Å². The molecule has 2 atom stereocenters.